The maximum Gasteiger partial charge on any atom is 0.348 e. The minimum absolute atomic E-state index is 0.106. The van der Waals surface area contributed by atoms with Gasteiger partial charge in [-0.25, -0.2) is 9.18 Å². The van der Waals surface area contributed by atoms with Gasteiger partial charge in [-0.05, 0) is 29.5 Å². The lowest BCUT2D eigenvalue weighted by atomic mass is 10.0. The number of halogens is 2. The number of rotatable bonds is 4. The smallest absolute Gasteiger partial charge is 0.348 e. The van der Waals surface area contributed by atoms with Crippen LogP contribution < -0.4 is 15.3 Å². The molecular weight excluding hydrogens is 417 g/mol. The molecule has 0 aliphatic carbocycles. The lowest BCUT2D eigenvalue weighted by molar-refractivity contribution is 0.287. The molecule has 4 aromatic rings. The minimum atomic E-state index is -0.453. The van der Waals surface area contributed by atoms with E-state index in [0.717, 1.165) is 27.9 Å². The fourth-order valence-electron chi connectivity index (χ4n) is 4.04. The number of hydrogen-bond donors (Lipinski definition) is 1. The van der Waals surface area contributed by atoms with Crippen molar-refractivity contribution >= 4 is 28.1 Å². The zero-order valence-corrected chi connectivity index (χ0v) is 17.3. The Morgan fingerprint density at radius 3 is 2.77 bits per heavy atom. The number of H-pyrrole nitrogens is 1. The number of fused-ring (bicyclic) bond motifs is 2. The van der Waals surface area contributed by atoms with Crippen LogP contribution in [0.1, 0.15) is 16.8 Å². The summed E-state index contributed by atoms with van der Waals surface area (Å²) in [5.74, 6) is -0.0857. The molecule has 1 N–H and O–H groups in total. The van der Waals surface area contributed by atoms with Crippen LogP contribution in [0.15, 0.2) is 65.5 Å². The van der Waals surface area contributed by atoms with Gasteiger partial charge in [0, 0.05) is 28.9 Å². The van der Waals surface area contributed by atoms with Crippen LogP contribution in [0.3, 0.4) is 0 Å². The quantitative estimate of drug-likeness (QED) is 0.497. The van der Waals surface area contributed by atoms with Crippen LogP contribution in [-0.4, -0.2) is 16.5 Å². The Morgan fingerprint density at radius 1 is 1.10 bits per heavy atom. The van der Waals surface area contributed by atoms with Gasteiger partial charge in [0.1, 0.15) is 12.4 Å². The first-order valence-electron chi connectivity index (χ1n) is 10.0. The molecule has 156 valence electrons. The van der Waals surface area contributed by atoms with Crippen molar-refractivity contribution in [3.05, 3.63) is 98.8 Å². The van der Waals surface area contributed by atoms with Gasteiger partial charge in [0.2, 0.25) is 5.88 Å². The fourth-order valence-corrected chi connectivity index (χ4v) is 4.31. The van der Waals surface area contributed by atoms with Crippen LogP contribution in [0.25, 0.3) is 10.8 Å². The molecule has 31 heavy (non-hydrogen) atoms. The molecule has 0 saturated carbocycles. The van der Waals surface area contributed by atoms with E-state index in [-0.39, 0.29) is 5.02 Å². The van der Waals surface area contributed by atoms with Gasteiger partial charge in [0.25, 0.3) is 0 Å². The number of nitrogens with one attached hydrogen (secondary N) is 1. The molecule has 0 bridgehead atoms. The highest BCUT2D eigenvalue weighted by Gasteiger charge is 2.24. The van der Waals surface area contributed by atoms with E-state index in [4.69, 9.17) is 16.3 Å². The molecule has 3 aromatic carbocycles. The topological polar surface area (TPSA) is 58.2 Å². The number of ether oxygens (including phenoxy) is 1. The normalized spacial score (nSPS) is 13.3. The second-order valence-electron chi connectivity index (χ2n) is 7.49. The number of nitrogens with zero attached hydrogens (tertiary/aromatic N) is 2. The number of aromatic amines is 1. The number of benzene rings is 3. The monoisotopic (exact) mass is 435 g/mol. The van der Waals surface area contributed by atoms with Crippen LogP contribution in [0, 0.1) is 5.82 Å². The Balaban J connectivity index is 1.48. The standard InChI is InChI=1S/C24H19ClFN3O2/c25-22-18(26)10-9-16-7-4-8-20(21(16)22)29-12-11-17-19(13-29)27-24(30)28-23(17)31-14-15-5-2-1-3-6-15/h1-10H,11-14H2,(H,27,28,30). The number of hydrogen-bond acceptors (Lipinski definition) is 4. The van der Waals surface area contributed by atoms with Crippen LogP contribution in [0.4, 0.5) is 10.1 Å². The zero-order chi connectivity index (χ0) is 21.4. The van der Waals surface area contributed by atoms with Gasteiger partial charge in [0.15, 0.2) is 0 Å². The van der Waals surface area contributed by atoms with Gasteiger partial charge in [-0.3, -0.25) is 0 Å². The lowest BCUT2D eigenvalue weighted by Gasteiger charge is -2.31. The van der Waals surface area contributed by atoms with Crippen molar-refractivity contribution < 1.29 is 9.13 Å². The highest BCUT2D eigenvalue weighted by atomic mass is 35.5. The fraction of sp³-hybridized carbons (Fsp3) is 0.167. The van der Waals surface area contributed by atoms with Crippen molar-refractivity contribution in [1.29, 1.82) is 0 Å². The average Bonchev–Trinajstić information content (AvgIpc) is 2.79. The van der Waals surface area contributed by atoms with E-state index in [9.17, 15) is 9.18 Å². The third-order valence-corrected chi connectivity index (χ3v) is 5.91. The van der Waals surface area contributed by atoms with E-state index < -0.39 is 11.5 Å². The summed E-state index contributed by atoms with van der Waals surface area (Å²) in [5, 5.41) is 1.64. The molecule has 0 fully saturated rings. The van der Waals surface area contributed by atoms with Gasteiger partial charge in [-0.15, -0.1) is 0 Å². The first-order valence-corrected chi connectivity index (χ1v) is 10.4. The summed E-state index contributed by atoms with van der Waals surface area (Å²) in [6.07, 6.45) is 0.632. The molecule has 1 aliphatic rings. The second kappa shape index (κ2) is 8.04. The summed E-state index contributed by atoms with van der Waals surface area (Å²) in [6.45, 7) is 1.45. The Kier molecular flexibility index (Phi) is 5.08. The summed E-state index contributed by atoms with van der Waals surface area (Å²) in [5.41, 5.74) is 3.02. The van der Waals surface area contributed by atoms with E-state index >= 15 is 0 Å². The van der Waals surface area contributed by atoms with Crippen molar-refractivity contribution in [3.63, 3.8) is 0 Å². The summed E-state index contributed by atoms with van der Waals surface area (Å²) in [7, 11) is 0. The molecule has 0 unspecified atom stereocenters. The van der Waals surface area contributed by atoms with E-state index in [0.29, 0.717) is 37.4 Å². The predicted molar refractivity (Wildman–Crippen MR) is 119 cm³/mol. The number of aromatic nitrogens is 2. The van der Waals surface area contributed by atoms with Gasteiger partial charge in [0.05, 0.1) is 11.6 Å². The molecule has 0 spiro atoms. The van der Waals surface area contributed by atoms with E-state index in [2.05, 4.69) is 14.9 Å². The minimum Gasteiger partial charge on any atom is -0.472 e. The maximum absolute atomic E-state index is 14.1. The SMILES string of the molecule is O=c1nc(OCc2ccccc2)c2c([nH]1)CN(c1cccc3ccc(F)c(Cl)c13)CC2. The van der Waals surface area contributed by atoms with Gasteiger partial charge >= 0.3 is 5.69 Å². The third-order valence-electron chi connectivity index (χ3n) is 5.54. The highest BCUT2D eigenvalue weighted by Crippen LogP contribution is 2.37. The van der Waals surface area contributed by atoms with Crippen LogP contribution in [0.5, 0.6) is 5.88 Å². The summed E-state index contributed by atoms with van der Waals surface area (Å²) < 4.78 is 20.0. The third kappa shape index (κ3) is 3.75. The average molecular weight is 436 g/mol. The molecular formula is C24H19ClFN3O2. The van der Waals surface area contributed by atoms with E-state index in [1.807, 2.05) is 48.5 Å². The van der Waals surface area contributed by atoms with Gasteiger partial charge < -0.3 is 14.6 Å². The Labute approximate surface area is 183 Å². The Morgan fingerprint density at radius 2 is 1.94 bits per heavy atom. The molecule has 0 saturated heterocycles. The molecule has 0 atom stereocenters. The van der Waals surface area contributed by atoms with Gasteiger partial charge in [-0.2, -0.15) is 4.98 Å². The Bertz CT molecular complexity index is 1320. The maximum atomic E-state index is 14.1. The van der Waals surface area contributed by atoms with Crippen molar-refractivity contribution in [2.45, 2.75) is 19.6 Å². The molecule has 1 aliphatic heterocycles. The largest absolute Gasteiger partial charge is 0.472 e. The molecule has 5 rings (SSSR count). The molecule has 0 radical (unpaired) electrons. The van der Waals surface area contributed by atoms with Crippen molar-refractivity contribution in [3.8, 4) is 5.88 Å². The second-order valence-corrected chi connectivity index (χ2v) is 7.86. The molecule has 5 nitrogen and oxygen atoms in total. The van der Waals surface area contributed by atoms with Crippen molar-refractivity contribution in [2.75, 3.05) is 11.4 Å². The molecule has 7 heteroatoms. The summed E-state index contributed by atoms with van der Waals surface area (Å²) in [6, 6.07) is 18.6. The first kappa shape index (κ1) is 19.6. The van der Waals surface area contributed by atoms with Crippen LogP contribution in [-0.2, 0) is 19.6 Å². The van der Waals surface area contributed by atoms with Crippen molar-refractivity contribution in [1.82, 2.24) is 9.97 Å². The van der Waals surface area contributed by atoms with E-state index in [1.165, 1.54) is 6.07 Å². The summed E-state index contributed by atoms with van der Waals surface area (Å²) >= 11 is 6.31. The predicted octanol–water partition coefficient (Wildman–Crippen LogP) is 4.86. The van der Waals surface area contributed by atoms with Crippen LogP contribution >= 0.6 is 11.6 Å². The number of anilines is 1. The summed E-state index contributed by atoms with van der Waals surface area (Å²) in [4.78, 5) is 21.2. The lowest BCUT2D eigenvalue weighted by Crippen LogP contribution is -2.34. The Hall–Kier alpha value is -3.38. The molecule has 1 aromatic heterocycles. The van der Waals surface area contributed by atoms with Crippen molar-refractivity contribution in [2.24, 2.45) is 0 Å². The highest BCUT2D eigenvalue weighted by molar-refractivity contribution is 6.36. The zero-order valence-electron chi connectivity index (χ0n) is 16.6. The van der Waals surface area contributed by atoms with Gasteiger partial charge in [-0.1, -0.05) is 60.1 Å². The van der Waals surface area contributed by atoms with E-state index in [1.54, 1.807) is 6.07 Å². The molecule has 2 heterocycles. The first-order chi connectivity index (χ1) is 15.1. The van der Waals surface area contributed by atoms with Crippen LogP contribution in [0.2, 0.25) is 5.02 Å². The molecule has 0 amide bonds.